The standard InChI is InChI=1S/C17H12N2OS/c18-10-12-5-4-8-14(9-12)15-11-21-17(19-15)16(20)13-6-2-1-3-7-13/h1-9,11,16,20H. The summed E-state index contributed by atoms with van der Waals surface area (Å²) in [6, 6.07) is 18.9. The lowest BCUT2D eigenvalue weighted by atomic mass is 10.1. The molecule has 1 N–H and O–H groups in total. The maximum absolute atomic E-state index is 10.3. The predicted molar refractivity (Wildman–Crippen MR) is 82.8 cm³/mol. The molecule has 102 valence electrons. The van der Waals surface area contributed by atoms with Crippen molar-refractivity contribution in [1.82, 2.24) is 4.98 Å². The first-order valence-corrected chi connectivity index (χ1v) is 7.35. The van der Waals surface area contributed by atoms with Crippen LogP contribution in [0, 0.1) is 11.3 Å². The SMILES string of the molecule is N#Cc1cccc(-c2csc(C(O)c3ccccc3)n2)c1. The van der Waals surface area contributed by atoms with Gasteiger partial charge < -0.3 is 5.11 Å². The van der Waals surface area contributed by atoms with E-state index in [0.29, 0.717) is 10.6 Å². The number of nitriles is 1. The summed E-state index contributed by atoms with van der Waals surface area (Å²) in [5.74, 6) is 0. The highest BCUT2D eigenvalue weighted by atomic mass is 32.1. The van der Waals surface area contributed by atoms with E-state index in [2.05, 4.69) is 11.1 Å². The zero-order chi connectivity index (χ0) is 14.7. The van der Waals surface area contributed by atoms with Crippen LogP contribution in [0.25, 0.3) is 11.3 Å². The van der Waals surface area contributed by atoms with Crippen LogP contribution in [0.3, 0.4) is 0 Å². The lowest BCUT2D eigenvalue weighted by molar-refractivity contribution is 0.220. The highest BCUT2D eigenvalue weighted by molar-refractivity contribution is 7.10. The normalized spacial score (nSPS) is 11.8. The predicted octanol–water partition coefficient (Wildman–Crippen LogP) is 3.76. The Morgan fingerprint density at radius 3 is 2.67 bits per heavy atom. The largest absolute Gasteiger partial charge is 0.381 e. The Hall–Kier alpha value is -2.48. The summed E-state index contributed by atoms with van der Waals surface area (Å²) in [7, 11) is 0. The van der Waals surface area contributed by atoms with Gasteiger partial charge in [-0.1, -0.05) is 42.5 Å². The second kappa shape index (κ2) is 5.88. The molecule has 4 heteroatoms. The first kappa shape index (κ1) is 13.5. The van der Waals surface area contributed by atoms with Gasteiger partial charge in [0.25, 0.3) is 0 Å². The van der Waals surface area contributed by atoms with Crippen LogP contribution < -0.4 is 0 Å². The van der Waals surface area contributed by atoms with Crippen molar-refractivity contribution in [2.75, 3.05) is 0 Å². The Balaban J connectivity index is 1.91. The molecule has 1 heterocycles. The fourth-order valence-corrected chi connectivity index (χ4v) is 2.91. The second-order valence-corrected chi connectivity index (χ2v) is 5.47. The van der Waals surface area contributed by atoms with E-state index in [1.165, 1.54) is 11.3 Å². The third-order valence-corrected chi connectivity index (χ3v) is 4.06. The summed E-state index contributed by atoms with van der Waals surface area (Å²) in [4.78, 5) is 4.49. The van der Waals surface area contributed by atoms with Gasteiger partial charge >= 0.3 is 0 Å². The number of aromatic nitrogens is 1. The quantitative estimate of drug-likeness (QED) is 0.799. The van der Waals surface area contributed by atoms with Gasteiger partial charge in [0.1, 0.15) is 11.1 Å². The van der Waals surface area contributed by atoms with Gasteiger partial charge in [0.2, 0.25) is 0 Å². The molecule has 0 aliphatic carbocycles. The molecule has 0 saturated heterocycles. The fourth-order valence-electron chi connectivity index (χ4n) is 2.07. The average Bonchev–Trinajstić information content (AvgIpc) is 3.05. The van der Waals surface area contributed by atoms with Crippen LogP contribution >= 0.6 is 11.3 Å². The van der Waals surface area contributed by atoms with E-state index in [1.807, 2.05) is 47.8 Å². The van der Waals surface area contributed by atoms with Crippen LogP contribution in [-0.2, 0) is 0 Å². The van der Waals surface area contributed by atoms with Crippen LogP contribution in [0.1, 0.15) is 22.2 Å². The Morgan fingerprint density at radius 2 is 1.90 bits per heavy atom. The zero-order valence-corrected chi connectivity index (χ0v) is 11.9. The highest BCUT2D eigenvalue weighted by Crippen LogP contribution is 2.29. The Bertz CT molecular complexity index is 790. The molecule has 0 saturated carbocycles. The molecule has 0 spiro atoms. The van der Waals surface area contributed by atoms with Crippen LogP contribution in [0.2, 0.25) is 0 Å². The number of thiazole rings is 1. The molecule has 1 aromatic heterocycles. The Kier molecular flexibility index (Phi) is 3.78. The average molecular weight is 292 g/mol. The van der Waals surface area contributed by atoms with Crippen LogP contribution in [0.4, 0.5) is 0 Å². The summed E-state index contributed by atoms with van der Waals surface area (Å²) in [6.07, 6.45) is -0.718. The number of hydrogen-bond donors (Lipinski definition) is 1. The van der Waals surface area contributed by atoms with E-state index in [9.17, 15) is 5.11 Å². The molecule has 1 unspecified atom stereocenters. The van der Waals surface area contributed by atoms with E-state index in [1.54, 1.807) is 12.1 Å². The van der Waals surface area contributed by atoms with Gasteiger partial charge in [-0.2, -0.15) is 5.26 Å². The van der Waals surface area contributed by atoms with Crippen molar-refractivity contribution in [1.29, 1.82) is 5.26 Å². The van der Waals surface area contributed by atoms with Crippen LogP contribution in [0.5, 0.6) is 0 Å². The van der Waals surface area contributed by atoms with Crippen molar-refractivity contribution in [3.63, 3.8) is 0 Å². The molecule has 0 aliphatic heterocycles. The molecule has 3 nitrogen and oxygen atoms in total. The van der Waals surface area contributed by atoms with E-state index in [0.717, 1.165) is 16.8 Å². The molecule has 3 aromatic rings. The molecule has 3 rings (SSSR count). The van der Waals surface area contributed by atoms with Crippen molar-refractivity contribution in [3.05, 3.63) is 76.1 Å². The number of benzene rings is 2. The van der Waals surface area contributed by atoms with Gasteiger partial charge in [-0.3, -0.25) is 0 Å². The second-order valence-electron chi connectivity index (χ2n) is 4.58. The van der Waals surface area contributed by atoms with E-state index < -0.39 is 6.10 Å². The summed E-state index contributed by atoms with van der Waals surface area (Å²) in [5.41, 5.74) is 3.09. The summed E-state index contributed by atoms with van der Waals surface area (Å²) < 4.78 is 0. The highest BCUT2D eigenvalue weighted by Gasteiger charge is 2.15. The molecular weight excluding hydrogens is 280 g/mol. The lowest BCUT2D eigenvalue weighted by Crippen LogP contribution is -1.98. The van der Waals surface area contributed by atoms with Gasteiger partial charge in [-0.05, 0) is 17.7 Å². The first-order chi connectivity index (χ1) is 10.3. The van der Waals surface area contributed by atoms with Gasteiger partial charge in [0.05, 0.1) is 17.3 Å². The molecule has 0 amide bonds. The third-order valence-electron chi connectivity index (χ3n) is 3.16. The monoisotopic (exact) mass is 292 g/mol. The maximum atomic E-state index is 10.3. The minimum Gasteiger partial charge on any atom is -0.381 e. The van der Waals surface area contributed by atoms with Crippen molar-refractivity contribution in [3.8, 4) is 17.3 Å². The molecule has 0 aliphatic rings. The fraction of sp³-hybridized carbons (Fsp3) is 0.0588. The number of aliphatic hydroxyl groups excluding tert-OH is 1. The molecule has 2 aromatic carbocycles. The van der Waals surface area contributed by atoms with Crippen LogP contribution in [-0.4, -0.2) is 10.1 Å². The number of rotatable bonds is 3. The lowest BCUT2D eigenvalue weighted by Gasteiger charge is -2.06. The topological polar surface area (TPSA) is 56.9 Å². The van der Waals surface area contributed by atoms with Crippen molar-refractivity contribution in [2.24, 2.45) is 0 Å². The summed E-state index contributed by atoms with van der Waals surface area (Å²) in [5, 5.41) is 21.8. The summed E-state index contributed by atoms with van der Waals surface area (Å²) >= 11 is 1.42. The molecule has 21 heavy (non-hydrogen) atoms. The zero-order valence-electron chi connectivity index (χ0n) is 11.1. The minimum atomic E-state index is -0.718. The van der Waals surface area contributed by atoms with Gasteiger partial charge in [0.15, 0.2) is 0 Å². The van der Waals surface area contributed by atoms with E-state index >= 15 is 0 Å². The van der Waals surface area contributed by atoms with Gasteiger partial charge in [0, 0.05) is 10.9 Å². The third kappa shape index (κ3) is 2.84. The van der Waals surface area contributed by atoms with E-state index in [-0.39, 0.29) is 0 Å². The first-order valence-electron chi connectivity index (χ1n) is 6.47. The maximum Gasteiger partial charge on any atom is 0.131 e. The smallest absolute Gasteiger partial charge is 0.131 e. The minimum absolute atomic E-state index is 0.602. The Labute approximate surface area is 126 Å². The summed E-state index contributed by atoms with van der Waals surface area (Å²) in [6.45, 7) is 0. The van der Waals surface area contributed by atoms with Crippen molar-refractivity contribution < 1.29 is 5.11 Å². The Morgan fingerprint density at radius 1 is 1.10 bits per heavy atom. The number of aliphatic hydroxyl groups is 1. The molecule has 1 atom stereocenters. The molecule has 0 bridgehead atoms. The van der Waals surface area contributed by atoms with Gasteiger partial charge in [-0.25, -0.2) is 4.98 Å². The molecular formula is C17H12N2OS. The molecule has 0 fully saturated rings. The number of nitrogens with zero attached hydrogens (tertiary/aromatic N) is 2. The van der Waals surface area contributed by atoms with Crippen LogP contribution in [0.15, 0.2) is 60.0 Å². The van der Waals surface area contributed by atoms with Gasteiger partial charge in [-0.15, -0.1) is 11.3 Å². The molecule has 0 radical (unpaired) electrons. The van der Waals surface area contributed by atoms with Crippen molar-refractivity contribution >= 4 is 11.3 Å². The number of hydrogen-bond acceptors (Lipinski definition) is 4. The van der Waals surface area contributed by atoms with E-state index in [4.69, 9.17) is 5.26 Å². The van der Waals surface area contributed by atoms with Crippen molar-refractivity contribution in [2.45, 2.75) is 6.10 Å².